The molecular formula is C25H22N2O4. The van der Waals surface area contributed by atoms with Gasteiger partial charge in [0.05, 0.1) is 17.9 Å². The van der Waals surface area contributed by atoms with Gasteiger partial charge in [-0.15, -0.1) is 0 Å². The average Bonchev–Trinajstić information content (AvgIpc) is 3.05. The number of pyridine rings is 1. The summed E-state index contributed by atoms with van der Waals surface area (Å²) in [5.41, 5.74) is 2.48. The maximum atomic E-state index is 13.1. The summed E-state index contributed by atoms with van der Waals surface area (Å²) < 4.78 is 5.51. The van der Waals surface area contributed by atoms with Gasteiger partial charge in [0, 0.05) is 17.4 Å². The van der Waals surface area contributed by atoms with Gasteiger partial charge in [0.15, 0.2) is 0 Å². The number of aromatic nitrogens is 1. The lowest BCUT2D eigenvalue weighted by Crippen LogP contribution is -2.29. The van der Waals surface area contributed by atoms with Crippen molar-refractivity contribution in [3.63, 3.8) is 0 Å². The van der Waals surface area contributed by atoms with E-state index >= 15 is 0 Å². The van der Waals surface area contributed by atoms with Crippen molar-refractivity contribution >= 4 is 23.1 Å². The molecule has 0 radical (unpaired) electrons. The molecule has 1 fully saturated rings. The average molecular weight is 414 g/mol. The standard InChI is InChI=1S/C25H22N2O4/c1-3-31-19-8-6-7-17(15-19)23(28)21-22(20-9-4-5-14-26-20)27(25(30)24(21)29)18-12-10-16(2)11-13-18/h4-15,22,28H,3H2,1-2H3/b23-21-. The van der Waals surface area contributed by atoms with Crippen molar-refractivity contribution in [2.45, 2.75) is 19.9 Å². The molecule has 1 N–H and O–H groups in total. The number of hydrogen-bond acceptors (Lipinski definition) is 5. The number of Topliss-reactive ketones (excluding diaryl/α,β-unsaturated/α-hetero) is 1. The zero-order chi connectivity index (χ0) is 22.0. The van der Waals surface area contributed by atoms with Gasteiger partial charge in [-0.2, -0.15) is 0 Å². The monoisotopic (exact) mass is 414 g/mol. The second-order valence-electron chi connectivity index (χ2n) is 7.22. The Labute approximate surface area is 180 Å². The van der Waals surface area contributed by atoms with E-state index in [1.54, 1.807) is 60.8 Å². The van der Waals surface area contributed by atoms with E-state index in [-0.39, 0.29) is 11.3 Å². The van der Waals surface area contributed by atoms with Gasteiger partial charge in [-0.05, 0) is 50.2 Å². The predicted octanol–water partition coefficient (Wildman–Crippen LogP) is 4.42. The van der Waals surface area contributed by atoms with Gasteiger partial charge in [-0.25, -0.2) is 0 Å². The van der Waals surface area contributed by atoms with Crippen LogP contribution in [-0.2, 0) is 9.59 Å². The molecule has 1 amide bonds. The number of nitrogens with zero attached hydrogens (tertiary/aromatic N) is 2. The van der Waals surface area contributed by atoms with Crippen LogP contribution in [0.4, 0.5) is 5.69 Å². The van der Waals surface area contributed by atoms with Crippen molar-refractivity contribution < 1.29 is 19.4 Å². The van der Waals surface area contributed by atoms with Crippen molar-refractivity contribution in [2.75, 3.05) is 11.5 Å². The molecule has 156 valence electrons. The normalized spacial score (nSPS) is 17.7. The van der Waals surface area contributed by atoms with Crippen LogP contribution in [0.2, 0.25) is 0 Å². The van der Waals surface area contributed by atoms with Gasteiger partial charge in [0.1, 0.15) is 17.6 Å². The number of amides is 1. The molecule has 1 aliphatic rings. The lowest BCUT2D eigenvalue weighted by molar-refractivity contribution is -0.132. The molecule has 1 atom stereocenters. The van der Waals surface area contributed by atoms with Gasteiger partial charge >= 0.3 is 0 Å². The molecule has 1 aromatic heterocycles. The van der Waals surface area contributed by atoms with Gasteiger partial charge < -0.3 is 9.84 Å². The first-order chi connectivity index (χ1) is 15.0. The molecule has 6 nitrogen and oxygen atoms in total. The Morgan fingerprint density at radius 3 is 2.52 bits per heavy atom. The SMILES string of the molecule is CCOc1cccc(/C(O)=C2/C(=O)C(=O)N(c3ccc(C)cc3)C2c2ccccn2)c1. The second kappa shape index (κ2) is 8.44. The first-order valence-corrected chi connectivity index (χ1v) is 10.0. The van der Waals surface area contributed by atoms with Crippen molar-refractivity contribution in [1.29, 1.82) is 0 Å². The van der Waals surface area contributed by atoms with Crippen molar-refractivity contribution in [3.05, 3.63) is 95.3 Å². The smallest absolute Gasteiger partial charge is 0.300 e. The van der Waals surface area contributed by atoms with Crippen molar-refractivity contribution in [3.8, 4) is 5.75 Å². The highest BCUT2D eigenvalue weighted by Gasteiger charge is 2.47. The summed E-state index contributed by atoms with van der Waals surface area (Å²) in [6, 6.07) is 18.6. The topological polar surface area (TPSA) is 79.7 Å². The number of carbonyl (C=O) groups excluding carboxylic acids is 2. The van der Waals surface area contributed by atoms with Crippen LogP contribution in [0.5, 0.6) is 5.75 Å². The van der Waals surface area contributed by atoms with E-state index in [0.29, 0.717) is 29.3 Å². The summed E-state index contributed by atoms with van der Waals surface area (Å²) in [6.07, 6.45) is 1.60. The first-order valence-electron chi connectivity index (χ1n) is 10.0. The highest BCUT2D eigenvalue weighted by atomic mass is 16.5. The Morgan fingerprint density at radius 2 is 1.84 bits per heavy atom. The molecule has 4 rings (SSSR count). The number of aliphatic hydroxyl groups excluding tert-OH is 1. The van der Waals surface area contributed by atoms with Crippen LogP contribution in [-0.4, -0.2) is 28.4 Å². The second-order valence-corrected chi connectivity index (χ2v) is 7.22. The van der Waals surface area contributed by atoms with Gasteiger partial charge in [-0.3, -0.25) is 19.5 Å². The molecule has 3 aromatic rings. The molecule has 2 heterocycles. The summed E-state index contributed by atoms with van der Waals surface area (Å²) in [6.45, 7) is 4.27. The molecule has 1 saturated heterocycles. The van der Waals surface area contributed by atoms with Gasteiger partial charge in [-0.1, -0.05) is 35.9 Å². The van der Waals surface area contributed by atoms with Crippen molar-refractivity contribution in [2.24, 2.45) is 0 Å². The number of ether oxygens (including phenoxy) is 1. The zero-order valence-corrected chi connectivity index (χ0v) is 17.3. The van der Waals surface area contributed by atoms with E-state index in [2.05, 4.69) is 4.98 Å². The van der Waals surface area contributed by atoms with Crippen LogP contribution >= 0.6 is 0 Å². The molecule has 6 heteroatoms. The fourth-order valence-electron chi connectivity index (χ4n) is 3.68. The zero-order valence-electron chi connectivity index (χ0n) is 17.3. The van der Waals surface area contributed by atoms with Gasteiger partial charge in [0.25, 0.3) is 11.7 Å². The summed E-state index contributed by atoms with van der Waals surface area (Å²) >= 11 is 0. The molecule has 0 saturated carbocycles. The van der Waals surface area contributed by atoms with Crippen molar-refractivity contribution in [1.82, 2.24) is 4.98 Å². The molecule has 1 unspecified atom stereocenters. The molecule has 0 bridgehead atoms. The van der Waals surface area contributed by atoms with Gasteiger partial charge in [0.2, 0.25) is 0 Å². The van der Waals surface area contributed by atoms with Crippen LogP contribution in [0.1, 0.15) is 29.8 Å². The fraction of sp³-hybridized carbons (Fsp3) is 0.160. The lowest BCUT2D eigenvalue weighted by Gasteiger charge is -2.24. The highest BCUT2D eigenvalue weighted by Crippen LogP contribution is 2.41. The molecule has 1 aliphatic heterocycles. The molecule has 31 heavy (non-hydrogen) atoms. The number of carbonyl (C=O) groups is 2. The fourth-order valence-corrected chi connectivity index (χ4v) is 3.68. The number of aryl methyl sites for hydroxylation is 1. The lowest BCUT2D eigenvalue weighted by atomic mass is 9.98. The minimum atomic E-state index is -0.848. The minimum Gasteiger partial charge on any atom is -0.507 e. The molecule has 0 spiro atoms. The van der Waals surface area contributed by atoms with E-state index in [4.69, 9.17) is 4.74 Å². The molecular weight excluding hydrogens is 392 g/mol. The summed E-state index contributed by atoms with van der Waals surface area (Å²) in [7, 11) is 0. The van der Waals surface area contributed by atoms with Crippen LogP contribution in [0.25, 0.3) is 5.76 Å². The number of hydrogen-bond donors (Lipinski definition) is 1. The van der Waals surface area contributed by atoms with Crippen LogP contribution in [0, 0.1) is 6.92 Å². The molecule has 2 aromatic carbocycles. The van der Waals surface area contributed by atoms with E-state index in [0.717, 1.165) is 5.56 Å². The largest absolute Gasteiger partial charge is 0.507 e. The van der Waals surface area contributed by atoms with Crippen LogP contribution in [0.15, 0.2) is 78.5 Å². The summed E-state index contributed by atoms with van der Waals surface area (Å²) in [4.78, 5) is 31.9. The maximum absolute atomic E-state index is 13.1. The van der Waals surface area contributed by atoms with Crippen LogP contribution in [0.3, 0.4) is 0 Å². The highest BCUT2D eigenvalue weighted by molar-refractivity contribution is 6.51. The number of rotatable bonds is 5. The third kappa shape index (κ3) is 3.80. The summed E-state index contributed by atoms with van der Waals surface area (Å²) in [5, 5.41) is 11.1. The summed E-state index contributed by atoms with van der Waals surface area (Å²) in [5.74, 6) is -1.16. The number of anilines is 1. The van der Waals surface area contributed by atoms with E-state index < -0.39 is 17.7 Å². The molecule has 0 aliphatic carbocycles. The third-order valence-electron chi connectivity index (χ3n) is 5.14. The Balaban J connectivity index is 1.90. The Bertz CT molecular complexity index is 1150. The maximum Gasteiger partial charge on any atom is 0.300 e. The minimum absolute atomic E-state index is 0.00192. The number of benzene rings is 2. The van der Waals surface area contributed by atoms with E-state index in [9.17, 15) is 14.7 Å². The Kier molecular flexibility index (Phi) is 5.54. The number of ketones is 1. The van der Waals surface area contributed by atoms with Crippen LogP contribution < -0.4 is 9.64 Å². The Morgan fingerprint density at radius 1 is 1.06 bits per heavy atom. The Hall–Kier alpha value is -3.93. The first kappa shape index (κ1) is 20.3. The third-order valence-corrected chi connectivity index (χ3v) is 5.14. The number of aliphatic hydroxyl groups is 1. The van der Waals surface area contributed by atoms with E-state index in [1.807, 2.05) is 26.0 Å². The van der Waals surface area contributed by atoms with E-state index in [1.165, 1.54) is 4.90 Å². The predicted molar refractivity (Wildman–Crippen MR) is 118 cm³/mol. The quantitative estimate of drug-likeness (QED) is 0.380.